The minimum absolute atomic E-state index is 0.0616. The van der Waals surface area contributed by atoms with Crippen molar-refractivity contribution in [1.29, 1.82) is 0 Å². The number of amides is 2. The molecule has 0 radical (unpaired) electrons. The van der Waals surface area contributed by atoms with E-state index in [-0.39, 0.29) is 53.5 Å². The van der Waals surface area contributed by atoms with Crippen LogP contribution in [0.2, 0.25) is 0 Å². The third kappa shape index (κ3) is 5.35. The van der Waals surface area contributed by atoms with Crippen LogP contribution < -0.4 is 14.8 Å². The number of hydrazone groups is 1. The lowest BCUT2D eigenvalue weighted by molar-refractivity contribution is -0.133. The maximum Gasteiger partial charge on any atom is 0.243 e. The molecule has 34 heavy (non-hydrogen) atoms. The van der Waals surface area contributed by atoms with Gasteiger partial charge in [-0.2, -0.15) is 5.10 Å². The summed E-state index contributed by atoms with van der Waals surface area (Å²) in [5.74, 6) is -2.89. The molecule has 1 aliphatic heterocycles. The van der Waals surface area contributed by atoms with Gasteiger partial charge >= 0.3 is 0 Å². The van der Waals surface area contributed by atoms with Gasteiger partial charge in [-0.1, -0.05) is 26.0 Å². The second kappa shape index (κ2) is 11.1. The standard InChI is InChI=1S/C25H29F2N3O4/c1-5-7-20(31)28-17-10-8-15(9-11-17)14-30-21(32)12-16(6-2)23(29-30)18-13-19(26)24(33-3)25(34-4)22(18)27/h8-11,13,16H,5-7,12,14H2,1-4H3,(H,28,31). The summed E-state index contributed by atoms with van der Waals surface area (Å²) in [7, 11) is 2.46. The van der Waals surface area contributed by atoms with Crippen molar-refractivity contribution in [1.82, 2.24) is 5.01 Å². The van der Waals surface area contributed by atoms with Crippen molar-refractivity contribution in [3.8, 4) is 11.5 Å². The zero-order valence-corrected chi connectivity index (χ0v) is 19.8. The molecule has 0 aliphatic carbocycles. The number of methoxy groups -OCH3 is 2. The zero-order chi connectivity index (χ0) is 24.8. The van der Waals surface area contributed by atoms with Crippen molar-refractivity contribution in [3.05, 3.63) is 53.1 Å². The molecule has 0 spiro atoms. The van der Waals surface area contributed by atoms with Crippen LogP contribution in [0.1, 0.15) is 50.7 Å². The predicted molar refractivity (Wildman–Crippen MR) is 125 cm³/mol. The minimum Gasteiger partial charge on any atom is -0.490 e. The van der Waals surface area contributed by atoms with Crippen LogP contribution in [0.5, 0.6) is 11.5 Å². The molecule has 2 aromatic rings. The summed E-state index contributed by atoms with van der Waals surface area (Å²) in [6.45, 7) is 3.95. The largest absolute Gasteiger partial charge is 0.490 e. The Morgan fingerprint density at radius 3 is 2.41 bits per heavy atom. The highest BCUT2D eigenvalue weighted by atomic mass is 19.1. The number of ether oxygens (including phenoxy) is 2. The summed E-state index contributed by atoms with van der Waals surface area (Å²) < 4.78 is 39.9. The molecule has 1 unspecified atom stereocenters. The van der Waals surface area contributed by atoms with Crippen LogP contribution in [0.25, 0.3) is 0 Å². The van der Waals surface area contributed by atoms with E-state index in [4.69, 9.17) is 9.47 Å². The van der Waals surface area contributed by atoms with E-state index < -0.39 is 11.6 Å². The number of hydrogen-bond donors (Lipinski definition) is 1. The molecule has 9 heteroatoms. The molecule has 1 aliphatic rings. The number of carbonyl (C=O) groups excluding carboxylic acids is 2. The number of benzene rings is 2. The zero-order valence-electron chi connectivity index (χ0n) is 19.8. The van der Waals surface area contributed by atoms with E-state index in [1.54, 1.807) is 24.3 Å². The van der Waals surface area contributed by atoms with E-state index in [1.807, 2.05) is 13.8 Å². The lowest BCUT2D eigenvalue weighted by Crippen LogP contribution is -2.37. The van der Waals surface area contributed by atoms with Crippen molar-refractivity contribution >= 4 is 23.2 Å². The number of nitrogens with zero attached hydrogens (tertiary/aromatic N) is 2. The van der Waals surface area contributed by atoms with Gasteiger partial charge in [0, 0.05) is 30.0 Å². The number of hydrogen-bond acceptors (Lipinski definition) is 5. The first-order valence-electron chi connectivity index (χ1n) is 11.2. The number of carbonyl (C=O) groups is 2. The normalized spacial score (nSPS) is 15.7. The monoisotopic (exact) mass is 473 g/mol. The van der Waals surface area contributed by atoms with Gasteiger partial charge in [0.2, 0.25) is 17.6 Å². The molecular formula is C25H29F2N3O4. The molecule has 1 N–H and O–H groups in total. The highest BCUT2D eigenvalue weighted by molar-refractivity contribution is 6.06. The number of nitrogens with one attached hydrogen (secondary N) is 1. The lowest BCUT2D eigenvalue weighted by Gasteiger charge is -2.29. The first-order valence-corrected chi connectivity index (χ1v) is 11.2. The van der Waals surface area contributed by atoms with Crippen LogP contribution in [0.15, 0.2) is 35.4 Å². The molecule has 0 saturated carbocycles. The molecule has 0 bridgehead atoms. The molecule has 2 aromatic carbocycles. The Morgan fingerprint density at radius 1 is 1.15 bits per heavy atom. The highest BCUT2D eigenvalue weighted by Crippen LogP contribution is 2.37. The minimum atomic E-state index is -0.792. The van der Waals surface area contributed by atoms with Gasteiger partial charge in [0.1, 0.15) is 0 Å². The highest BCUT2D eigenvalue weighted by Gasteiger charge is 2.33. The molecule has 182 valence electrons. The molecular weight excluding hydrogens is 444 g/mol. The molecule has 0 saturated heterocycles. The van der Waals surface area contributed by atoms with Gasteiger partial charge in [0.25, 0.3) is 0 Å². The first-order chi connectivity index (χ1) is 16.3. The molecule has 7 nitrogen and oxygen atoms in total. The maximum absolute atomic E-state index is 15.3. The van der Waals surface area contributed by atoms with Gasteiger partial charge in [0.05, 0.1) is 26.5 Å². The molecule has 1 atom stereocenters. The van der Waals surface area contributed by atoms with Gasteiger partial charge in [-0.3, -0.25) is 9.59 Å². The quantitative estimate of drug-likeness (QED) is 0.563. The van der Waals surface area contributed by atoms with Crippen LogP contribution in [0.3, 0.4) is 0 Å². The topological polar surface area (TPSA) is 80.2 Å². The second-order valence-corrected chi connectivity index (χ2v) is 8.03. The van der Waals surface area contributed by atoms with Gasteiger partial charge in [0.15, 0.2) is 17.4 Å². The molecule has 2 amide bonds. The molecule has 0 aromatic heterocycles. The molecule has 1 heterocycles. The maximum atomic E-state index is 15.3. The second-order valence-electron chi connectivity index (χ2n) is 8.03. The summed E-state index contributed by atoms with van der Waals surface area (Å²) in [5, 5.41) is 8.51. The van der Waals surface area contributed by atoms with E-state index in [0.717, 1.165) is 18.1 Å². The van der Waals surface area contributed by atoms with Crippen LogP contribution in [-0.2, 0) is 16.1 Å². The Labute approximate surface area is 197 Å². The van der Waals surface area contributed by atoms with Gasteiger partial charge in [-0.25, -0.2) is 13.8 Å². The number of halogens is 2. The fourth-order valence-electron chi connectivity index (χ4n) is 3.88. The predicted octanol–water partition coefficient (Wildman–Crippen LogP) is 4.88. The van der Waals surface area contributed by atoms with Crippen LogP contribution in [0, 0.1) is 17.6 Å². The van der Waals surface area contributed by atoms with Gasteiger partial charge < -0.3 is 14.8 Å². The van der Waals surface area contributed by atoms with Crippen molar-refractivity contribution in [2.45, 2.75) is 46.1 Å². The summed E-state index contributed by atoms with van der Waals surface area (Å²) in [6.07, 6.45) is 1.84. The summed E-state index contributed by atoms with van der Waals surface area (Å²) in [6, 6.07) is 8.10. The van der Waals surface area contributed by atoms with E-state index in [2.05, 4.69) is 10.4 Å². The molecule has 3 rings (SSSR count). The fourth-order valence-corrected chi connectivity index (χ4v) is 3.88. The van der Waals surface area contributed by atoms with Crippen molar-refractivity contribution in [2.75, 3.05) is 19.5 Å². The third-order valence-electron chi connectivity index (χ3n) is 5.68. The lowest BCUT2D eigenvalue weighted by atomic mass is 9.89. The van der Waals surface area contributed by atoms with Crippen molar-refractivity contribution < 1.29 is 27.8 Å². The summed E-state index contributed by atoms with van der Waals surface area (Å²) in [5.41, 5.74) is 1.65. The van der Waals surface area contributed by atoms with Crippen LogP contribution in [0.4, 0.5) is 14.5 Å². The Hall–Kier alpha value is -3.49. The average Bonchev–Trinajstić information content (AvgIpc) is 2.82. The summed E-state index contributed by atoms with van der Waals surface area (Å²) >= 11 is 0. The summed E-state index contributed by atoms with van der Waals surface area (Å²) in [4.78, 5) is 24.5. The average molecular weight is 474 g/mol. The van der Waals surface area contributed by atoms with E-state index in [0.29, 0.717) is 18.5 Å². The SMILES string of the molecule is CCCC(=O)Nc1ccc(CN2N=C(c3cc(F)c(OC)c(OC)c3F)C(CC)CC2=O)cc1. The number of anilines is 1. The van der Waals surface area contributed by atoms with E-state index in [1.165, 1.54) is 19.2 Å². The van der Waals surface area contributed by atoms with Crippen LogP contribution >= 0.6 is 0 Å². The van der Waals surface area contributed by atoms with E-state index >= 15 is 4.39 Å². The van der Waals surface area contributed by atoms with Gasteiger partial charge in [-0.15, -0.1) is 0 Å². The van der Waals surface area contributed by atoms with Gasteiger partial charge in [-0.05, 0) is 36.6 Å². The van der Waals surface area contributed by atoms with Crippen molar-refractivity contribution in [3.63, 3.8) is 0 Å². The Morgan fingerprint density at radius 2 is 1.82 bits per heavy atom. The fraction of sp³-hybridized carbons (Fsp3) is 0.400. The third-order valence-corrected chi connectivity index (χ3v) is 5.68. The Balaban J connectivity index is 1.91. The van der Waals surface area contributed by atoms with Crippen LogP contribution in [-0.4, -0.2) is 36.8 Å². The Bertz CT molecular complexity index is 1090. The smallest absolute Gasteiger partial charge is 0.243 e. The van der Waals surface area contributed by atoms with Crippen molar-refractivity contribution in [2.24, 2.45) is 11.0 Å². The van der Waals surface area contributed by atoms with E-state index in [9.17, 15) is 14.0 Å². The molecule has 0 fully saturated rings. The first kappa shape index (κ1) is 25.1. The Kier molecular flexibility index (Phi) is 8.20. The number of rotatable bonds is 9.